The van der Waals surface area contributed by atoms with E-state index in [0.717, 1.165) is 5.69 Å². The van der Waals surface area contributed by atoms with Gasteiger partial charge >= 0.3 is 0 Å². The molecule has 20 heavy (non-hydrogen) atoms. The summed E-state index contributed by atoms with van der Waals surface area (Å²) in [6, 6.07) is 6.79. The summed E-state index contributed by atoms with van der Waals surface area (Å²) >= 11 is 5.46. The van der Waals surface area contributed by atoms with Crippen molar-refractivity contribution >= 4 is 33.0 Å². The van der Waals surface area contributed by atoms with Gasteiger partial charge in [-0.25, -0.2) is 8.42 Å². The zero-order valence-corrected chi connectivity index (χ0v) is 13.0. The van der Waals surface area contributed by atoms with E-state index in [2.05, 4.69) is 0 Å². The third-order valence-corrected chi connectivity index (χ3v) is 5.00. The van der Waals surface area contributed by atoms with Gasteiger partial charge in [0, 0.05) is 30.2 Å². The van der Waals surface area contributed by atoms with Crippen molar-refractivity contribution in [3.63, 3.8) is 0 Å². The van der Waals surface area contributed by atoms with Gasteiger partial charge in [0.25, 0.3) is 0 Å². The molecule has 1 amide bonds. The standard InChI is InChI=1S/C13H19ClN2O3S/c1-2-16(8-10-20(18,19)9-7-14)12-5-3-11(4-6-12)13(15)17/h3-6H,2,7-10H2,1H3,(H2,15,17). The van der Waals surface area contributed by atoms with Gasteiger partial charge in [0.2, 0.25) is 5.91 Å². The maximum atomic E-state index is 11.7. The molecule has 5 nitrogen and oxygen atoms in total. The summed E-state index contributed by atoms with van der Waals surface area (Å²) in [5, 5.41) is 0. The Balaban J connectivity index is 2.73. The Morgan fingerprint density at radius 1 is 1.25 bits per heavy atom. The van der Waals surface area contributed by atoms with Crippen LogP contribution in [-0.4, -0.2) is 44.8 Å². The topological polar surface area (TPSA) is 80.5 Å². The second kappa shape index (κ2) is 7.50. The average molecular weight is 319 g/mol. The lowest BCUT2D eigenvalue weighted by Gasteiger charge is -2.23. The van der Waals surface area contributed by atoms with Crippen molar-refractivity contribution in [3.05, 3.63) is 29.8 Å². The van der Waals surface area contributed by atoms with Crippen LogP contribution in [0.5, 0.6) is 0 Å². The fourth-order valence-electron chi connectivity index (χ4n) is 1.78. The Morgan fingerprint density at radius 2 is 1.85 bits per heavy atom. The van der Waals surface area contributed by atoms with Crippen molar-refractivity contribution in [2.45, 2.75) is 6.92 Å². The molecule has 112 valence electrons. The molecule has 1 rings (SSSR count). The van der Waals surface area contributed by atoms with E-state index < -0.39 is 15.7 Å². The van der Waals surface area contributed by atoms with E-state index in [9.17, 15) is 13.2 Å². The monoisotopic (exact) mass is 318 g/mol. The van der Waals surface area contributed by atoms with Crippen molar-refractivity contribution < 1.29 is 13.2 Å². The van der Waals surface area contributed by atoms with E-state index in [0.29, 0.717) is 18.7 Å². The van der Waals surface area contributed by atoms with Crippen LogP contribution in [0.15, 0.2) is 24.3 Å². The summed E-state index contributed by atoms with van der Waals surface area (Å²) in [7, 11) is -3.11. The first-order chi connectivity index (χ1) is 9.39. The smallest absolute Gasteiger partial charge is 0.248 e. The molecule has 0 saturated carbocycles. The van der Waals surface area contributed by atoms with Gasteiger partial charge in [-0.05, 0) is 31.2 Å². The van der Waals surface area contributed by atoms with Crippen LogP contribution in [0.2, 0.25) is 0 Å². The number of sulfone groups is 1. The van der Waals surface area contributed by atoms with Crippen LogP contribution >= 0.6 is 11.6 Å². The van der Waals surface area contributed by atoms with E-state index in [-0.39, 0.29) is 17.4 Å². The fourth-order valence-corrected chi connectivity index (χ4v) is 3.42. The molecule has 0 heterocycles. The number of hydrogen-bond donors (Lipinski definition) is 1. The summed E-state index contributed by atoms with van der Waals surface area (Å²) in [5.41, 5.74) is 6.47. The lowest BCUT2D eigenvalue weighted by Crippen LogP contribution is -2.30. The Labute approximate surface area is 124 Å². The first-order valence-corrected chi connectivity index (χ1v) is 8.66. The number of carbonyl (C=O) groups is 1. The summed E-state index contributed by atoms with van der Waals surface area (Å²) in [6.07, 6.45) is 0. The van der Waals surface area contributed by atoms with Gasteiger partial charge in [0.05, 0.1) is 11.5 Å². The number of rotatable bonds is 8. The van der Waals surface area contributed by atoms with E-state index in [1.807, 2.05) is 11.8 Å². The zero-order valence-electron chi connectivity index (χ0n) is 11.4. The van der Waals surface area contributed by atoms with Crippen LogP contribution in [0.1, 0.15) is 17.3 Å². The van der Waals surface area contributed by atoms with Crippen LogP contribution in [-0.2, 0) is 9.84 Å². The number of nitrogens with two attached hydrogens (primary N) is 1. The minimum Gasteiger partial charge on any atom is -0.371 e. The lowest BCUT2D eigenvalue weighted by molar-refractivity contribution is 0.100. The maximum absolute atomic E-state index is 11.7. The second-order valence-corrected chi connectivity index (χ2v) is 7.01. The van der Waals surface area contributed by atoms with Crippen LogP contribution in [0, 0.1) is 0 Å². The molecule has 1 aromatic rings. The molecule has 1 aromatic carbocycles. The lowest BCUT2D eigenvalue weighted by atomic mass is 10.2. The van der Waals surface area contributed by atoms with Crippen LogP contribution < -0.4 is 10.6 Å². The van der Waals surface area contributed by atoms with Crippen LogP contribution in [0.25, 0.3) is 0 Å². The molecule has 2 N–H and O–H groups in total. The van der Waals surface area contributed by atoms with E-state index in [4.69, 9.17) is 17.3 Å². The fraction of sp³-hybridized carbons (Fsp3) is 0.462. The Bertz CT molecular complexity index is 543. The number of anilines is 1. The SMILES string of the molecule is CCN(CCS(=O)(=O)CCCl)c1ccc(C(N)=O)cc1. The van der Waals surface area contributed by atoms with Crippen molar-refractivity contribution in [2.75, 3.05) is 35.4 Å². The Kier molecular flexibility index (Phi) is 6.29. The largest absolute Gasteiger partial charge is 0.371 e. The number of benzene rings is 1. The molecular formula is C13H19ClN2O3S. The summed E-state index contributed by atoms with van der Waals surface area (Å²) in [6.45, 7) is 3.01. The third-order valence-electron chi connectivity index (χ3n) is 2.96. The van der Waals surface area contributed by atoms with Crippen molar-refractivity contribution in [2.24, 2.45) is 5.73 Å². The molecule has 0 spiro atoms. The molecule has 0 aliphatic carbocycles. The molecule has 0 unspecified atom stereocenters. The summed E-state index contributed by atoms with van der Waals surface area (Å²) in [4.78, 5) is 12.9. The number of primary amides is 1. The first kappa shape index (κ1) is 16.8. The molecule has 0 atom stereocenters. The zero-order chi connectivity index (χ0) is 15.2. The van der Waals surface area contributed by atoms with E-state index in [1.54, 1.807) is 24.3 Å². The van der Waals surface area contributed by atoms with Crippen molar-refractivity contribution in [3.8, 4) is 0 Å². The first-order valence-electron chi connectivity index (χ1n) is 6.31. The van der Waals surface area contributed by atoms with Crippen LogP contribution in [0.4, 0.5) is 5.69 Å². The number of halogens is 1. The minimum atomic E-state index is -3.11. The highest BCUT2D eigenvalue weighted by Crippen LogP contribution is 2.15. The van der Waals surface area contributed by atoms with Gasteiger partial charge in [-0.15, -0.1) is 11.6 Å². The molecule has 0 aromatic heterocycles. The molecule has 0 radical (unpaired) electrons. The van der Waals surface area contributed by atoms with Gasteiger partial charge in [-0.1, -0.05) is 0 Å². The van der Waals surface area contributed by atoms with Gasteiger partial charge in [0.15, 0.2) is 9.84 Å². The maximum Gasteiger partial charge on any atom is 0.248 e. The molecule has 0 bridgehead atoms. The van der Waals surface area contributed by atoms with Crippen molar-refractivity contribution in [1.29, 1.82) is 0 Å². The molecular weight excluding hydrogens is 300 g/mol. The van der Waals surface area contributed by atoms with E-state index >= 15 is 0 Å². The molecule has 0 fully saturated rings. The van der Waals surface area contributed by atoms with Gasteiger partial charge in [-0.3, -0.25) is 4.79 Å². The number of hydrogen-bond acceptors (Lipinski definition) is 4. The van der Waals surface area contributed by atoms with Gasteiger partial charge < -0.3 is 10.6 Å². The number of nitrogens with zero attached hydrogens (tertiary/aromatic N) is 1. The van der Waals surface area contributed by atoms with E-state index in [1.165, 1.54) is 0 Å². The Morgan fingerprint density at radius 3 is 2.30 bits per heavy atom. The number of alkyl halides is 1. The number of amides is 1. The van der Waals surface area contributed by atoms with Crippen molar-refractivity contribution in [1.82, 2.24) is 0 Å². The third kappa shape index (κ3) is 5.02. The highest BCUT2D eigenvalue weighted by atomic mass is 35.5. The van der Waals surface area contributed by atoms with Gasteiger partial charge in [-0.2, -0.15) is 0 Å². The normalized spacial score (nSPS) is 11.3. The summed E-state index contributed by atoms with van der Waals surface area (Å²) < 4.78 is 23.3. The highest BCUT2D eigenvalue weighted by Gasteiger charge is 2.13. The summed E-state index contributed by atoms with van der Waals surface area (Å²) in [5.74, 6) is -0.316. The predicted octanol–water partition coefficient (Wildman–Crippen LogP) is 1.27. The predicted molar refractivity (Wildman–Crippen MR) is 82.2 cm³/mol. The molecule has 0 aliphatic heterocycles. The number of carbonyl (C=O) groups excluding carboxylic acids is 1. The molecule has 7 heteroatoms. The minimum absolute atomic E-state index is 0.00722. The molecule has 0 saturated heterocycles. The highest BCUT2D eigenvalue weighted by molar-refractivity contribution is 7.91. The van der Waals surface area contributed by atoms with Gasteiger partial charge in [0.1, 0.15) is 0 Å². The Hall–Kier alpha value is -1.27. The van der Waals surface area contributed by atoms with Crippen LogP contribution in [0.3, 0.4) is 0 Å². The average Bonchev–Trinajstić information content (AvgIpc) is 2.39. The quantitative estimate of drug-likeness (QED) is 0.732. The second-order valence-electron chi connectivity index (χ2n) is 4.33. The molecule has 0 aliphatic rings.